The molecule has 0 atom stereocenters. The molecule has 0 bridgehead atoms. The van der Waals surface area contributed by atoms with Gasteiger partial charge < -0.3 is 4.42 Å². The molecule has 0 radical (unpaired) electrons. The van der Waals surface area contributed by atoms with Crippen molar-refractivity contribution >= 4 is 21.1 Å². The van der Waals surface area contributed by atoms with Crippen LogP contribution in [0.15, 0.2) is 26.2 Å². The first-order chi connectivity index (χ1) is 13.1. The molecule has 4 rings (SSSR count). The Morgan fingerprint density at radius 1 is 1.29 bits per heavy atom. The van der Waals surface area contributed by atoms with Crippen LogP contribution in [0.3, 0.4) is 0 Å². The number of halogens is 1. The molecule has 1 N–H and O–H groups in total. The van der Waals surface area contributed by atoms with Crippen molar-refractivity contribution in [2.24, 2.45) is 0 Å². The van der Waals surface area contributed by atoms with Gasteiger partial charge in [0.05, 0.1) is 11.0 Å². The second-order valence-corrected chi connectivity index (χ2v) is 8.96. The summed E-state index contributed by atoms with van der Waals surface area (Å²) in [6, 6.07) is 2.11. The summed E-state index contributed by atoms with van der Waals surface area (Å²) in [5.74, 6) is -0.676. The highest BCUT2D eigenvalue weighted by Gasteiger charge is 2.42. The Hall–Kier alpha value is -2.53. The lowest BCUT2D eigenvalue weighted by Gasteiger charge is -2.13. The fourth-order valence-electron chi connectivity index (χ4n) is 3.13. The lowest BCUT2D eigenvalue weighted by molar-refractivity contribution is 0.491. The van der Waals surface area contributed by atoms with E-state index in [1.807, 2.05) is 6.92 Å². The van der Waals surface area contributed by atoms with Crippen LogP contribution >= 0.6 is 0 Å². The molecular formula is C17H20FN5O4S. The van der Waals surface area contributed by atoms with E-state index in [0.29, 0.717) is 25.8 Å². The molecule has 1 aromatic carbocycles. The van der Waals surface area contributed by atoms with E-state index in [2.05, 4.69) is 14.9 Å². The number of hydrogen-bond acceptors (Lipinski definition) is 6. The minimum Gasteiger partial charge on any atom is -0.408 e. The first kappa shape index (κ1) is 18.8. The van der Waals surface area contributed by atoms with Gasteiger partial charge in [0.2, 0.25) is 15.9 Å². The van der Waals surface area contributed by atoms with E-state index < -0.39 is 32.0 Å². The van der Waals surface area contributed by atoms with Gasteiger partial charge in [-0.25, -0.2) is 26.9 Å². The molecule has 1 saturated carbocycles. The lowest BCUT2D eigenvalue weighted by atomic mass is 10.3. The zero-order valence-electron chi connectivity index (χ0n) is 15.7. The van der Waals surface area contributed by atoms with Gasteiger partial charge in [-0.05, 0) is 32.3 Å². The van der Waals surface area contributed by atoms with E-state index in [1.54, 1.807) is 13.8 Å². The summed E-state index contributed by atoms with van der Waals surface area (Å²) in [5.41, 5.74) is -0.615. The lowest BCUT2D eigenvalue weighted by Crippen LogP contribution is -2.34. The molecule has 3 aromatic rings. The van der Waals surface area contributed by atoms with Crippen LogP contribution in [0.2, 0.25) is 0 Å². The average Bonchev–Trinajstić information content (AvgIpc) is 3.06. The number of imidazole rings is 1. The van der Waals surface area contributed by atoms with Crippen molar-refractivity contribution in [1.29, 1.82) is 0 Å². The normalized spacial score (nSPS) is 16.0. The maximum absolute atomic E-state index is 14.8. The first-order valence-electron chi connectivity index (χ1n) is 8.94. The molecule has 0 unspecified atom stereocenters. The maximum atomic E-state index is 14.8. The molecule has 1 fully saturated rings. The van der Waals surface area contributed by atoms with Crippen LogP contribution in [0.25, 0.3) is 17.0 Å². The summed E-state index contributed by atoms with van der Waals surface area (Å²) >= 11 is 0. The van der Waals surface area contributed by atoms with Crippen LogP contribution in [0.1, 0.15) is 39.0 Å². The summed E-state index contributed by atoms with van der Waals surface area (Å²) in [7, 11) is -4.10. The van der Waals surface area contributed by atoms with Crippen molar-refractivity contribution < 1.29 is 17.2 Å². The Kier molecular flexibility index (Phi) is 4.19. The van der Waals surface area contributed by atoms with Crippen LogP contribution in [0.5, 0.6) is 0 Å². The predicted molar refractivity (Wildman–Crippen MR) is 98.3 cm³/mol. The van der Waals surface area contributed by atoms with Crippen LogP contribution in [0.4, 0.5) is 4.39 Å². The SMILES string of the molecule is CCCn1c(=O)n(-c2nnc(C)o2)c2cc(S(=O)(=O)NC3(C)CC3)c(F)cc21. The van der Waals surface area contributed by atoms with Gasteiger partial charge in [0, 0.05) is 25.1 Å². The van der Waals surface area contributed by atoms with Gasteiger partial charge in [-0.3, -0.25) is 4.57 Å². The van der Waals surface area contributed by atoms with Crippen molar-refractivity contribution in [3.05, 3.63) is 34.3 Å². The Bertz CT molecular complexity index is 1240. The fourth-order valence-corrected chi connectivity index (χ4v) is 4.68. The van der Waals surface area contributed by atoms with Gasteiger partial charge >= 0.3 is 11.7 Å². The van der Waals surface area contributed by atoms with Crippen LogP contribution in [-0.2, 0) is 16.6 Å². The smallest absolute Gasteiger partial charge is 0.337 e. The topological polar surface area (TPSA) is 112 Å². The summed E-state index contributed by atoms with van der Waals surface area (Å²) in [6.45, 7) is 5.54. The van der Waals surface area contributed by atoms with E-state index in [9.17, 15) is 17.6 Å². The third-order valence-corrected chi connectivity index (χ3v) is 6.46. The van der Waals surface area contributed by atoms with Crippen LogP contribution in [0, 0.1) is 12.7 Å². The molecule has 0 amide bonds. The number of aromatic nitrogens is 4. The van der Waals surface area contributed by atoms with E-state index in [4.69, 9.17) is 4.42 Å². The molecule has 1 aliphatic carbocycles. The molecule has 0 saturated heterocycles. The van der Waals surface area contributed by atoms with Crippen molar-refractivity contribution in [2.75, 3.05) is 0 Å². The van der Waals surface area contributed by atoms with Crippen LogP contribution < -0.4 is 10.4 Å². The predicted octanol–water partition coefficient (Wildman–Crippen LogP) is 1.86. The second-order valence-electron chi connectivity index (χ2n) is 7.31. The second kappa shape index (κ2) is 6.24. The first-order valence-corrected chi connectivity index (χ1v) is 10.4. The number of sulfonamides is 1. The molecular weight excluding hydrogens is 389 g/mol. The summed E-state index contributed by atoms with van der Waals surface area (Å²) in [6.07, 6.45) is 2.01. The van der Waals surface area contributed by atoms with E-state index in [0.717, 1.165) is 16.7 Å². The highest BCUT2D eigenvalue weighted by molar-refractivity contribution is 7.89. The molecule has 0 aliphatic heterocycles. The molecule has 9 nitrogen and oxygen atoms in total. The highest BCUT2D eigenvalue weighted by Crippen LogP contribution is 2.36. The number of aryl methyl sites for hydroxylation is 2. The highest BCUT2D eigenvalue weighted by atomic mass is 32.2. The molecule has 0 spiro atoms. The van der Waals surface area contributed by atoms with Crippen molar-refractivity contribution in [1.82, 2.24) is 24.1 Å². The van der Waals surface area contributed by atoms with E-state index in [-0.39, 0.29) is 22.9 Å². The number of hydrogen-bond donors (Lipinski definition) is 1. The summed E-state index contributed by atoms with van der Waals surface area (Å²) in [4.78, 5) is 12.4. The Morgan fingerprint density at radius 3 is 2.57 bits per heavy atom. The number of nitrogens with one attached hydrogen (secondary N) is 1. The maximum Gasteiger partial charge on any atom is 0.337 e. The average molecular weight is 409 g/mol. The summed E-state index contributed by atoms with van der Waals surface area (Å²) < 4.78 is 50.6. The number of rotatable bonds is 6. The Morgan fingerprint density at radius 2 is 2.00 bits per heavy atom. The number of benzene rings is 1. The molecule has 28 heavy (non-hydrogen) atoms. The minimum absolute atomic E-state index is 0.0978. The van der Waals surface area contributed by atoms with Gasteiger partial charge in [0.25, 0.3) is 0 Å². The third kappa shape index (κ3) is 3.04. The van der Waals surface area contributed by atoms with Gasteiger partial charge in [-0.1, -0.05) is 12.0 Å². The monoisotopic (exact) mass is 409 g/mol. The zero-order valence-corrected chi connectivity index (χ0v) is 16.5. The largest absolute Gasteiger partial charge is 0.408 e. The third-order valence-electron chi connectivity index (χ3n) is 4.81. The molecule has 11 heteroatoms. The van der Waals surface area contributed by atoms with Gasteiger partial charge in [0.1, 0.15) is 10.7 Å². The van der Waals surface area contributed by atoms with Crippen molar-refractivity contribution in [2.45, 2.75) is 57.0 Å². The van der Waals surface area contributed by atoms with Gasteiger partial charge in [-0.15, -0.1) is 5.10 Å². The fraction of sp³-hybridized carbons (Fsp3) is 0.471. The van der Waals surface area contributed by atoms with E-state index in [1.165, 1.54) is 4.57 Å². The van der Waals surface area contributed by atoms with E-state index >= 15 is 0 Å². The van der Waals surface area contributed by atoms with Gasteiger partial charge in [-0.2, -0.15) is 0 Å². The number of nitrogens with zero attached hydrogens (tertiary/aromatic N) is 4. The zero-order chi connectivity index (χ0) is 20.3. The summed E-state index contributed by atoms with van der Waals surface area (Å²) in [5, 5.41) is 7.58. The van der Waals surface area contributed by atoms with Gasteiger partial charge in [0.15, 0.2) is 0 Å². The Balaban J connectivity index is 1.98. The van der Waals surface area contributed by atoms with Crippen molar-refractivity contribution in [3.8, 4) is 6.01 Å². The minimum atomic E-state index is -4.10. The Labute approximate surface area is 160 Å². The van der Waals surface area contributed by atoms with Crippen LogP contribution in [-0.4, -0.2) is 33.3 Å². The standard InChI is InChI=1S/C17H20FN5O4S/c1-4-7-22-12-8-11(18)14(28(25,26)21-17(3)5-6-17)9-13(12)23(16(22)24)15-20-19-10(2)27-15/h8-9,21H,4-7H2,1-3H3. The molecule has 2 aromatic heterocycles. The quantitative estimate of drug-likeness (QED) is 0.665. The van der Waals surface area contributed by atoms with Crippen molar-refractivity contribution in [3.63, 3.8) is 0 Å². The molecule has 150 valence electrons. The molecule has 2 heterocycles. The molecule has 1 aliphatic rings. The number of fused-ring (bicyclic) bond motifs is 1.